The summed E-state index contributed by atoms with van der Waals surface area (Å²) in [7, 11) is 6.16. The zero-order chi connectivity index (χ0) is 19.8. The van der Waals surface area contributed by atoms with Gasteiger partial charge in [0.05, 0.1) is 0 Å². The maximum absolute atomic E-state index is 3.84. The first-order valence-electron chi connectivity index (χ1n) is 8.71. The molecule has 0 atom stereocenters. The van der Waals surface area contributed by atoms with Crippen LogP contribution in [0.3, 0.4) is 0 Å². The summed E-state index contributed by atoms with van der Waals surface area (Å²) in [6.07, 6.45) is 5.66. The van der Waals surface area contributed by atoms with E-state index in [2.05, 4.69) is 119 Å². The molecule has 0 amide bonds. The molecule has 0 saturated heterocycles. The van der Waals surface area contributed by atoms with Gasteiger partial charge in [0.1, 0.15) is 0 Å². The number of hydrogen-bond acceptors (Lipinski definition) is 3. The quantitative estimate of drug-likeness (QED) is 0.257. The Morgan fingerprint density at radius 1 is 0.464 bits per heavy atom. The Morgan fingerprint density at radius 2 is 0.714 bits per heavy atom. The summed E-state index contributed by atoms with van der Waals surface area (Å²) in [6.45, 7) is 11.5. The third-order valence-electron chi connectivity index (χ3n) is 3.89. The van der Waals surface area contributed by atoms with E-state index in [1.54, 1.807) is 0 Å². The van der Waals surface area contributed by atoms with Crippen LogP contribution < -0.4 is 0 Å². The zero-order valence-electron chi connectivity index (χ0n) is 15.5. The van der Waals surface area contributed by atoms with Crippen LogP contribution in [0.25, 0.3) is 18.2 Å². The first-order valence-corrected chi connectivity index (χ1v) is 20.4. The van der Waals surface area contributed by atoms with Crippen molar-refractivity contribution in [3.8, 4) is 0 Å². The normalized spacial score (nSPS) is 10.6. The van der Waals surface area contributed by atoms with E-state index in [1.165, 1.54) is 14.7 Å². The molecule has 4 heteroatoms. The molecule has 3 rings (SSSR count). The van der Waals surface area contributed by atoms with Gasteiger partial charge in [0.15, 0.2) is 0 Å². The molecule has 3 aromatic rings. The molecule has 0 unspecified atom stereocenters. The van der Waals surface area contributed by atoms with Gasteiger partial charge in [-0.05, 0) is 0 Å². The molecule has 0 bridgehead atoms. The van der Waals surface area contributed by atoms with Crippen LogP contribution in [0, 0.1) is 0 Å². The van der Waals surface area contributed by atoms with Gasteiger partial charge in [-0.1, -0.05) is 0 Å². The van der Waals surface area contributed by atoms with Crippen molar-refractivity contribution in [2.45, 2.75) is 14.7 Å². The molecule has 140 valence electrons. The van der Waals surface area contributed by atoms with Crippen LogP contribution in [-0.4, -0.2) is 16.0 Å². The Balaban J connectivity index is 1.78. The van der Waals surface area contributed by atoms with E-state index < -0.39 is 16.0 Å². The molecule has 0 heterocycles. The van der Waals surface area contributed by atoms with Crippen molar-refractivity contribution in [2.75, 3.05) is 0 Å². The Hall–Kier alpha value is -1.25. The molecule has 0 aliphatic heterocycles. The standard InChI is InChI=1S/3C8H8S.Sb/c3*1-2-7-3-5-8(9)6-4-7;/h3*2-6,9H,1H2;/q;;;+3/p-3. The second-order valence-electron chi connectivity index (χ2n) is 5.82. The Bertz CT molecular complexity index is 802. The van der Waals surface area contributed by atoms with Crippen molar-refractivity contribution in [1.82, 2.24) is 0 Å². The molecule has 0 saturated carbocycles. The van der Waals surface area contributed by atoms with Crippen LogP contribution in [0.5, 0.6) is 0 Å². The molecular weight excluding hydrogens is 506 g/mol. The average molecular weight is 527 g/mol. The molecule has 0 spiro atoms. The summed E-state index contributed by atoms with van der Waals surface area (Å²) in [6, 6.07) is 26.1. The SMILES string of the molecule is C=Cc1ccc([S][Sb]([S]c2ccc(C=C)cc2)[S]c2ccc(C=C)cc2)cc1. The summed E-state index contributed by atoms with van der Waals surface area (Å²) < 4.78 is 0. The Kier molecular flexibility index (Phi) is 8.48. The zero-order valence-corrected chi connectivity index (χ0v) is 20.5. The van der Waals surface area contributed by atoms with Crippen molar-refractivity contribution in [2.24, 2.45) is 0 Å². The molecule has 0 nitrogen and oxygen atoms in total. The van der Waals surface area contributed by atoms with E-state index >= 15 is 0 Å². The third-order valence-corrected chi connectivity index (χ3v) is 24.0. The second-order valence-corrected chi connectivity index (χ2v) is 25.7. The van der Waals surface area contributed by atoms with Crippen LogP contribution in [0.4, 0.5) is 0 Å². The van der Waals surface area contributed by atoms with Gasteiger partial charge in [-0.3, -0.25) is 0 Å². The topological polar surface area (TPSA) is 0 Å². The predicted octanol–water partition coefficient (Wildman–Crippen LogP) is 8.28. The van der Waals surface area contributed by atoms with Gasteiger partial charge in [-0.15, -0.1) is 0 Å². The van der Waals surface area contributed by atoms with Crippen molar-refractivity contribution in [3.05, 3.63) is 109 Å². The van der Waals surface area contributed by atoms with Gasteiger partial charge >= 0.3 is 185 Å². The minimum atomic E-state index is -1.83. The Morgan fingerprint density at radius 3 is 0.929 bits per heavy atom. The van der Waals surface area contributed by atoms with Crippen LogP contribution in [0.2, 0.25) is 0 Å². The summed E-state index contributed by atoms with van der Waals surface area (Å²) in [5, 5.41) is 0. The average Bonchev–Trinajstić information content (AvgIpc) is 2.75. The molecular formula is C24H21S3Sb. The second kappa shape index (κ2) is 11.1. The maximum atomic E-state index is 3.84. The van der Waals surface area contributed by atoms with Crippen LogP contribution in [0.15, 0.2) is 107 Å². The molecule has 28 heavy (non-hydrogen) atoms. The van der Waals surface area contributed by atoms with Crippen LogP contribution in [0.1, 0.15) is 16.7 Å². The first kappa shape index (κ1) is 21.5. The van der Waals surface area contributed by atoms with Crippen LogP contribution >= 0.6 is 26.5 Å². The first-order chi connectivity index (χ1) is 13.7. The molecule has 0 N–H and O–H groups in total. The summed E-state index contributed by atoms with van der Waals surface area (Å²) in [5.41, 5.74) is 3.48. The fourth-order valence-electron chi connectivity index (χ4n) is 2.31. The molecule has 0 radical (unpaired) electrons. The van der Waals surface area contributed by atoms with E-state index in [9.17, 15) is 0 Å². The molecule has 0 aliphatic carbocycles. The molecule has 3 aromatic carbocycles. The fourth-order valence-corrected chi connectivity index (χ4v) is 24.9. The van der Waals surface area contributed by atoms with Crippen molar-refractivity contribution >= 4 is 60.8 Å². The van der Waals surface area contributed by atoms with E-state index in [-0.39, 0.29) is 0 Å². The molecule has 0 fully saturated rings. The molecule has 0 aromatic heterocycles. The fraction of sp³-hybridized carbons (Fsp3) is 0. The predicted molar refractivity (Wildman–Crippen MR) is 133 cm³/mol. The van der Waals surface area contributed by atoms with E-state index in [0.29, 0.717) is 0 Å². The van der Waals surface area contributed by atoms with Gasteiger partial charge < -0.3 is 0 Å². The minimum absolute atomic E-state index is 1.16. The van der Waals surface area contributed by atoms with Gasteiger partial charge in [-0.25, -0.2) is 0 Å². The van der Waals surface area contributed by atoms with E-state index in [1.807, 2.05) is 18.2 Å². The van der Waals surface area contributed by atoms with Gasteiger partial charge in [0, 0.05) is 0 Å². The summed E-state index contributed by atoms with van der Waals surface area (Å²) in [5.74, 6) is 0. The van der Waals surface area contributed by atoms with Gasteiger partial charge in [0.25, 0.3) is 0 Å². The summed E-state index contributed by atoms with van der Waals surface area (Å²) in [4.78, 5) is 4.00. The van der Waals surface area contributed by atoms with Gasteiger partial charge in [0.2, 0.25) is 0 Å². The monoisotopic (exact) mass is 526 g/mol. The number of benzene rings is 3. The van der Waals surface area contributed by atoms with Crippen molar-refractivity contribution in [3.63, 3.8) is 0 Å². The van der Waals surface area contributed by atoms with Crippen LogP contribution in [-0.2, 0) is 0 Å². The number of hydrogen-bond donors (Lipinski definition) is 0. The van der Waals surface area contributed by atoms with Crippen molar-refractivity contribution in [1.29, 1.82) is 0 Å². The number of rotatable bonds is 9. The van der Waals surface area contributed by atoms with E-state index in [0.717, 1.165) is 16.7 Å². The van der Waals surface area contributed by atoms with Gasteiger partial charge in [-0.2, -0.15) is 0 Å². The third kappa shape index (κ3) is 6.39. The molecule has 0 aliphatic rings. The Labute approximate surface area is 183 Å². The van der Waals surface area contributed by atoms with Crippen molar-refractivity contribution < 1.29 is 0 Å². The van der Waals surface area contributed by atoms with E-state index in [4.69, 9.17) is 0 Å². The summed E-state index contributed by atoms with van der Waals surface area (Å²) >= 11 is -1.83.